The van der Waals surface area contributed by atoms with Gasteiger partial charge in [-0.05, 0) is 88.0 Å². The number of carbonyl (C=O) groups is 1. The Kier molecular flexibility index (Phi) is 11.2. The first kappa shape index (κ1) is 31.9. The highest BCUT2D eigenvalue weighted by Gasteiger charge is 2.55. The highest BCUT2D eigenvalue weighted by molar-refractivity contribution is 5.83. The molecule has 3 aliphatic rings. The second-order valence-corrected chi connectivity index (χ2v) is 12.6. The number of allylic oxidation sites excluding steroid dienone is 3. The van der Waals surface area contributed by atoms with E-state index < -0.39 is 29.3 Å². The van der Waals surface area contributed by atoms with Gasteiger partial charge in [0.15, 0.2) is 5.79 Å². The van der Waals surface area contributed by atoms with Gasteiger partial charge in [-0.2, -0.15) is 0 Å². The summed E-state index contributed by atoms with van der Waals surface area (Å²) in [5.74, 6) is -0.116. The normalized spacial score (nSPS) is 28.0. The molecule has 2 bridgehead atoms. The van der Waals surface area contributed by atoms with E-state index in [0.29, 0.717) is 39.1 Å². The number of ether oxygens (including phenoxy) is 4. The molecule has 1 aromatic rings. The van der Waals surface area contributed by atoms with Crippen LogP contribution in [0.15, 0.2) is 48.1 Å². The molecule has 41 heavy (non-hydrogen) atoms. The molecule has 0 radical (unpaired) electrons. The monoisotopic (exact) mass is 570 g/mol. The van der Waals surface area contributed by atoms with E-state index in [-0.39, 0.29) is 24.2 Å². The second kappa shape index (κ2) is 14.4. The van der Waals surface area contributed by atoms with E-state index in [0.717, 1.165) is 49.0 Å². The molecule has 0 amide bonds. The van der Waals surface area contributed by atoms with Gasteiger partial charge in [-0.25, -0.2) is 0 Å². The lowest BCUT2D eigenvalue weighted by Crippen LogP contribution is -2.52. The number of rotatable bonds is 13. The molecule has 4 rings (SSSR count). The Morgan fingerprint density at radius 1 is 1.12 bits per heavy atom. The van der Waals surface area contributed by atoms with Crippen molar-refractivity contribution in [2.45, 2.75) is 96.7 Å². The lowest BCUT2D eigenvalue weighted by Gasteiger charge is -2.49. The lowest BCUT2D eigenvalue weighted by atomic mass is 9.63. The number of aliphatic hydroxyl groups is 2. The zero-order valence-electron chi connectivity index (χ0n) is 25.3. The highest BCUT2D eigenvalue weighted by atomic mass is 16.7. The van der Waals surface area contributed by atoms with Crippen LogP contribution in [-0.2, 0) is 25.6 Å². The van der Waals surface area contributed by atoms with E-state index in [9.17, 15) is 15.0 Å². The fraction of sp³-hybridized carbons (Fsp3) is 0.676. The molecule has 5 atom stereocenters. The molecule has 2 aliphatic carbocycles. The number of benzene rings is 1. The van der Waals surface area contributed by atoms with Crippen LogP contribution in [0.2, 0.25) is 0 Å². The number of aliphatic hydroxyl groups excluding tert-OH is 2. The number of fused-ring (bicyclic) bond motifs is 3. The quantitative estimate of drug-likeness (QED) is 0.230. The summed E-state index contributed by atoms with van der Waals surface area (Å²) in [6.45, 7) is 6.90. The number of hydrogen-bond acceptors (Lipinski definition) is 7. The molecule has 7 nitrogen and oxygen atoms in total. The summed E-state index contributed by atoms with van der Waals surface area (Å²) < 4.78 is 24.5. The molecule has 1 saturated heterocycles. The minimum Gasteiger partial charge on any atom is -0.497 e. The molecule has 1 spiro atoms. The summed E-state index contributed by atoms with van der Waals surface area (Å²) in [4.78, 5) is 14.0. The van der Waals surface area contributed by atoms with Crippen LogP contribution in [0.25, 0.3) is 0 Å². The third kappa shape index (κ3) is 7.88. The summed E-state index contributed by atoms with van der Waals surface area (Å²) >= 11 is 0. The minimum atomic E-state index is -0.874. The fourth-order valence-electron chi connectivity index (χ4n) is 6.81. The SMILES string of the molecule is C/C=C/CCCCC[C@@H]1C=C2[C@H](OCc3ccc(OC)cc3)[C@H](C(=O)CCC23COC(C)(C)OC3)[C@H]1C[C@H](O)CO. The van der Waals surface area contributed by atoms with Gasteiger partial charge in [0.2, 0.25) is 0 Å². The van der Waals surface area contributed by atoms with E-state index in [1.165, 1.54) is 0 Å². The van der Waals surface area contributed by atoms with Gasteiger partial charge in [-0.1, -0.05) is 43.2 Å². The van der Waals surface area contributed by atoms with Gasteiger partial charge in [0.25, 0.3) is 0 Å². The number of unbranched alkanes of at least 4 members (excludes halogenated alkanes) is 3. The molecule has 228 valence electrons. The Labute approximate surface area is 245 Å². The maximum absolute atomic E-state index is 14.0. The van der Waals surface area contributed by atoms with Crippen molar-refractivity contribution in [2.75, 3.05) is 26.9 Å². The Hall–Kier alpha value is -2.03. The van der Waals surface area contributed by atoms with Crippen LogP contribution in [-0.4, -0.2) is 60.9 Å². The van der Waals surface area contributed by atoms with Crippen LogP contribution < -0.4 is 4.74 Å². The summed E-state index contributed by atoms with van der Waals surface area (Å²) in [5, 5.41) is 20.4. The molecule has 1 aromatic carbocycles. The molecule has 1 saturated carbocycles. The highest BCUT2D eigenvalue weighted by Crippen LogP contribution is 2.53. The summed E-state index contributed by atoms with van der Waals surface area (Å²) in [6, 6.07) is 7.79. The first-order chi connectivity index (χ1) is 19.7. The van der Waals surface area contributed by atoms with Gasteiger partial charge in [0.05, 0.1) is 51.7 Å². The molecule has 0 aromatic heterocycles. The Bertz CT molecular complexity index is 1030. The van der Waals surface area contributed by atoms with Crippen LogP contribution in [0.4, 0.5) is 0 Å². The maximum Gasteiger partial charge on any atom is 0.162 e. The van der Waals surface area contributed by atoms with Gasteiger partial charge in [0.1, 0.15) is 11.5 Å². The van der Waals surface area contributed by atoms with Crippen LogP contribution in [0.3, 0.4) is 0 Å². The first-order valence-corrected chi connectivity index (χ1v) is 15.4. The van der Waals surface area contributed by atoms with Crippen molar-refractivity contribution >= 4 is 5.78 Å². The van der Waals surface area contributed by atoms with E-state index in [2.05, 4.69) is 18.2 Å². The Morgan fingerprint density at radius 2 is 1.85 bits per heavy atom. The van der Waals surface area contributed by atoms with E-state index >= 15 is 0 Å². The summed E-state index contributed by atoms with van der Waals surface area (Å²) in [6.07, 6.45) is 12.1. The van der Waals surface area contributed by atoms with Gasteiger partial charge in [-0.3, -0.25) is 4.79 Å². The van der Waals surface area contributed by atoms with E-state index in [4.69, 9.17) is 18.9 Å². The zero-order valence-corrected chi connectivity index (χ0v) is 25.3. The van der Waals surface area contributed by atoms with Gasteiger partial charge in [0, 0.05) is 11.8 Å². The average molecular weight is 571 g/mol. The third-order valence-electron chi connectivity index (χ3n) is 9.25. The van der Waals surface area contributed by atoms with Crippen LogP contribution in [0, 0.1) is 23.2 Å². The average Bonchev–Trinajstić information content (AvgIpc) is 3.05. The van der Waals surface area contributed by atoms with Crippen molar-refractivity contribution < 1.29 is 34.0 Å². The third-order valence-corrected chi connectivity index (χ3v) is 9.25. The number of carbonyl (C=O) groups excluding carboxylic acids is 1. The molecule has 1 aliphatic heterocycles. The summed E-state index contributed by atoms with van der Waals surface area (Å²) in [7, 11) is 1.64. The zero-order chi connectivity index (χ0) is 29.5. The number of ketones is 1. The molecular formula is C34H50O7. The predicted molar refractivity (Wildman–Crippen MR) is 158 cm³/mol. The van der Waals surface area contributed by atoms with Crippen molar-refractivity contribution in [2.24, 2.45) is 23.2 Å². The van der Waals surface area contributed by atoms with Gasteiger partial charge >= 0.3 is 0 Å². The molecular weight excluding hydrogens is 520 g/mol. The number of methoxy groups -OCH3 is 1. The lowest BCUT2D eigenvalue weighted by molar-refractivity contribution is -0.281. The van der Waals surface area contributed by atoms with Crippen molar-refractivity contribution in [3.63, 3.8) is 0 Å². The second-order valence-electron chi connectivity index (χ2n) is 12.6. The van der Waals surface area contributed by atoms with Crippen LogP contribution >= 0.6 is 0 Å². The van der Waals surface area contributed by atoms with Crippen molar-refractivity contribution in [3.05, 3.63) is 53.6 Å². The van der Waals surface area contributed by atoms with Crippen LogP contribution in [0.1, 0.15) is 77.7 Å². The fourth-order valence-corrected chi connectivity index (χ4v) is 6.81. The largest absolute Gasteiger partial charge is 0.497 e. The smallest absolute Gasteiger partial charge is 0.162 e. The predicted octanol–water partition coefficient (Wildman–Crippen LogP) is 5.77. The Morgan fingerprint density at radius 3 is 2.51 bits per heavy atom. The van der Waals surface area contributed by atoms with E-state index in [1.807, 2.05) is 45.0 Å². The van der Waals surface area contributed by atoms with Gasteiger partial charge in [-0.15, -0.1) is 0 Å². The topological polar surface area (TPSA) is 94.5 Å². The molecule has 0 unspecified atom stereocenters. The Balaban J connectivity index is 1.68. The minimum absolute atomic E-state index is 0.104. The number of Topliss-reactive ketones (excluding diaryl/α,β-unsaturated/α-hetero) is 1. The maximum atomic E-state index is 14.0. The molecule has 7 heteroatoms. The van der Waals surface area contributed by atoms with Crippen LogP contribution in [0.5, 0.6) is 5.75 Å². The molecule has 1 heterocycles. The molecule has 2 fully saturated rings. The molecule has 2 N–H and O–H groups in total. The summed E-state index contributed by atoms with van der Waals surface area (Å²) in [5.41, 5.74) is 1.68. The van der Waals surface area contributed by atoms with Crippen molar-refractivity contribution in [1.82, 2.24) is 0 Å². The van der Waals surface area contributed by atoms with Crippen molar-refractivity contribution in [3.8, 4) is 5.75 Å². The van der Waals surface area contributed by atoms with Gasteiger partial charge < -0.3 is 29.2 Å². The van der Waals surface area contributed by atoms with E-state index in [1.54, 1.807) is 7.11 Å². The standard InChI is InChI=1S/C34H50O7/c1-5-6-7-8-9-10-11-25-18-29-32(39-21-24-12-14-27(38-4)15-13-24)31(28(25)19-26(36)20-35)30(37)16-17-34(29)22-40-33(2,3)41-23-34/h5-6,12-15,18,25-26,28,31-32,35-36H,7-11,16-17,19-23H2,1-4H3/b6-5+/t25-,26+,28+,31+,32+/m1/s1. The number of hydrogen-bond donors (Lipinski definition) is 2. The first-order valence-electron chi connectivity index (χ1n) is 15.4. The van der Waals surface area contributed by atoms with Crippen molar-refractivity contribution in [1.29, 1.82) is 0 Å².